The Balaban J connectivity index is 2.13. The van der Waals surface area contributed by atoms with Crippen LogP contribution in [0.5, 0.6) is 0 Å². The SMILES string of the molecule is CCOC(=O)C(C)(N)CCCCOC1CCC(C)C(C)C1. The molecule has 0 spiro atoms. The van der Waals surface area contributed by atoms with Crippen molar-refractivity contribution in [1.82, 2.24) is 0 Å². The van der Waals surface area contributed by atoms with Gasteiger partial charge in [-0.2, -0.15) is 0 Å². The molecule has 124 valence electrons. The minimum Gasteiger partial charge on any atom is -0.465 e. The second-order valence-corrected chi connectivity index (χ2v) is 6.86. The summed E-state index contributed by atoms with van der Waals surface area (Å²) in [5.41, 5.74) is 5.12. The normalized spacial score (nSPS) is 28.9. The van der Waals surface area contributed by atoms with Crippen LogP contribution in [-0.4, -0.2) is 30.8 Å². The Kier molecular flexibility index (Phi) is 7.67. The molecule has 4 heteroatoms. The number of ether oxygens (including phenoxy) is 2. The minimum atomic E-state index is -0.870. The number of carbonyl (C=O) groups is 1. The standard InChI is InChI=1S/C17H33NO3/c1-5-20-16(19)17(4,18)10-6-7-11-21-15-9-8-13(2)14(3)12-15/h13-15H,5-12,18H2,1-4H3. The van der Waals surface area contributed by atoms with Gasteiger partial charge in [-0.3, -0.25) is 4.79 Å². The zero-order valence-electron chi connectivity index (χ0n) is 14.2. The van der Waals surface area contributed by atoms with Gasteiger partial charge >= 0.3 is 5.97 Å². The average molecular weight is 299 g/mol. The number of unbranched alkanes of at least 4 members (excludes halogenated alkanes) is 1. The average Bonchev–Trinajstić information content (AvgIpc) is 2.42. The van der Waals surface area contributed by atoms with Gasteiger partial charge in [0.15, 0.2) is 0 Å². The summed E-state index contributed by atoms with van der Waals surface area (Å²) in [7, 11) is 0. The lowest BCUT2D eigenvalue weighted by atomic mass is 9.80. The van der Waals surface area contributed by atoms with Gasteiger partial charge in [-0.25, -0.2) is 0 Å². The quantitative estimate of drug-likeness (QED) is 0.552. The van der Waals surface area contributed by atoms with Crippen LogP contribution in [0.15, 0.2) is 0 Å². The molecule has 0 bridgehead atoms. The summed E-state index contributed by atoms with van der Waals surface area (Å²) in [4.78, 5) is 11.7. The van der Waals surface area contributed by atoms with Gasteiger partial charge in [-0.1, -0.05) is 13.8 Å². The van der Waals surface area contributed by atoms with Crippen LogP contribution in [0.4, 0.5) is 0 Å². The smallest absolute Gasteiger partial charge is 0.325 e. The molecule has 4 nitrogen and oxygen atoms in total. The van der Waals surface area contributed by atoms with E-state index in [1.807, 2.05) is 0 Å². The molecule has 0 aromatic heterocycles. The molecular weight excluding hydrogens is 266 g/mol. The number of carbonyl (C=O) groups excluding carboxylic acids is 1. The number of hydrogen-bond acceptors (Lipinski definition) is 4. The zero-order valence-corrected chi connectivity index (χ0v) is 14.2. The Morgan fingerprint density at radius 1 is 1.24 bits per heavy atom. The van der Waals surface area contributed by atoms with E-state index in [0.29, 0.717) is 19.1 Å². The number of rotatable bonds is 8. The fourth-order valence-electron chi connectivity index (χ4n) is 2.89. The van der Waals surface area contributed by atoms with Gasteiger partial charge in [0.1, 0.15) is 5.54 Å². The van der Waals surface area contributed by atoms with E-state index >= 15 is 0 Å². The molecule has 0 heterocycles. The third kappa shape index (κ3) is 6.35. The molecule has 2 N–H and O–H groups in total. The maximum atomic E-state index is 11.7. The van der Waals surface area contributed by atoms with Crippen molar-refractivity contribution in [2.24, 2.45) is 17.6 Å². The van der Waals surface area contributed by atoms with Gasteiger partial charge in [0.05, 0.1) is 12.7 Å². The molecule has 0 saturated heterocycles. The predicted octanol–water partition coefficient (Wildman–Crippen LogP) is 3.28. The highest BCUT2D eigenvalue weighted by Gasteiger charge is 2.29. The topological polar surface area (TPSA) is 61.5 Å². The van der Waals surface area contributed by atoms with E-state index in [2.05, 4.69) is 13.8 Å². The highest BCUT2D eigenvalue weighted by Crippen LogP contribution is 2.31. The molecule has 1 aliphatic carbocycles. The van der Waals surface area contributed by atoms with Crippen molar-refractivity contribution in [1.29, 1.82) is 0 Å². The summed E-state index contributed by atoms with van der Waals surface area (Å²) in [6, 6.07) is 0. The summed E-state index contributed by atoms with van der Waals surface area (Å²) >= 11 is 0. The maximum absolute atomic E-state index is 11.7. The van der Waals surface area contributed by atoms with E-state index in [4.69, 9.17) is 15.2 Å². The van der Waals surface area contributed by atoms with Crippen molar-refractivity contribution >= 4 is 5.97 Å². The molecule has 0 radical (unpaired) electrons. The third-order valence-corrected chi connectivity index (χ3v) is 4.74. The summed E-state index contributed by atoms with van der Waals surface area (Å²) < 4.78 is 11.0. The van der Waals surface area contributed by atoms with E-state index < -0.39 is 5.54 Å². The van der Waals surface area contributed by atoms with Crippen LogP contribution in [0.1, 0.15) is 66.2 Å². The highest BCUT2D eigenvalue weighted by atomic mass is 16.5. The van der Waals surface area contributed by atoms with Crippen LogP contribution in [-0.2, 0) is 14.3 Å². The molecule has 4 unspecified atom stereocenters. The molecule has 1 saturated carbocycles. The molecule has 0 aromatic carbocycles. The molecule has 1 aliphatic rings. The van der Waals surface area contributed by atoms with Crippen molar-refractivity contribution in [3.8, 4) is 0 Å². The largest absolute Gasteiger partial charge is 0.465 e. The monoisotopic (exact) mass is 299 g/mol. The van der Waals surface area contributed by atoms with E-state index in [0.717, 1.165) is 31.3 Å². The first kappa shape index (κ1) is 18.4. The number of hydrogen-bond donors (Lipinski definition) is 1. The fraction of sp³-hybridized carbons (Fsp3) is 0.941. The number of nitrogens with two attached hydrogens (primary N) is 1. The Hall–Kier alpha value is -0.610. The maximum Gasteiger partial charge on any atom is 0.325 e. The lowest BCUT2D eigenvalue weighted by molar-refractivity contribution is -0.149. The van der Waals surface area contributed by atoms with Crippen LogP contribution < -0.4 is 5.73 Å². The summed E-state index contributed by atoms with van der Waals surface area (Å²) in [6.45, 7) is 9.35. The summed E-state index contributed by atoms with van der Waals surface area (Å²) in [5, 5.41) is 0. The van der Waals surface area contributed by atoms with Crippen molar-refractivity contribution in [3.63, 3.8) is 0 Å². The second kappa shape index (κ2) is 8.74. The molecule has 0 aliphatic heterocycles. The van der Waals surface area contributed by atoms with Gasteiger partial charge in [0.25, 0.3) is 0 Å². The van der Waals surface area contributed by atoms with Gasteiger partial charge < -0.3 is 15.2 Å². The Bertz CT molecular complexity index is 317. The zero-order chi connectivity index (χ0) is 15.9. The van der Waals surface area contributed by atoms with Crippen molar-refractivity contribution in [2.75, 3.05) is 13.2 Å². The van der Waals surface area contributed by atoms with E-state index in [9.17, 15) is 4.79 Å². The number of esters is 1. The Morgan fingerprint density at radius 2 is 1.95 bits per heavy atom. The molecule has 0 aromatic rings. The van der Waals surface area contributed by atoms with E-state index in [1.54, 1.807) is 13.8 Å². The van der Waals surface area contributed by atoms with Crippen LogP contribution in [0.2, 0.25) is 0 Å². The van der Waals surface area contributed by atoms with Gasteiger partial charge in [0.2, 0.25) is 0 Å². The lowest BCUT2D eigenvalue weighted by Gasteiger charge is -2.32. The highest BCUT2D eigenvalue weighted by molar-refractivity contribution is 5.79. The summed E-state index contributed by atoms with van der Waals surface area (Å²) in [6.07, 6.45) is 6.55. The first-order chi connectivity index (χ1) is 9.86. The first-order valence-corrected chi connectivity index (χ1v) is 8.44. The molecule has 0 amide bonds. The molecular formula is C17H33NO3. The second-order valence-electron chi connectivity index (χ2n) is 6.86. The molecule has 1 rings (SSSR count). The van der Waals surface area contributed by atoms with Gasteiger partial charge in [-0.15, -0.1) is 0 Å². The summed E-state index contributed by atoms with van der Waals surface area (Å²) in [5.74, 6) is 1.29. The lowest BCUT2D eigenvalue weighted by Crippen LogP contribution is -2.46. The van der Waals surface area contributed by atoms with E-state index in [1.165, 1.54) is 19.3 Å². The molecule has 1 fully saturated rings. The van der Waals surface area contributed by atoms with Crippen molar-refractivity contribution in [3.05, 3.63) is 0 Å². The Morgan fingerprint density at radius 3 is 2.57 bits per heavy atom. The first-order valence-electron chi connectivity index (χ1n) is 8.44. The molecule has 4 atom stereocenters. The third-order valence-electron chi connectivity index (χ3n) is 4.74. The Labute approximate surface area is 129 Å². The van der Waals surface area contributed by atoms with Crippen LogP contribution in [0, 0.1) is 11.8 Å². The molecule has 21 heavy (non-hydrogen) atoms. The van der Waals surface area contributed by atoms with Crippen LogP contribution in [0.3, 0.4) is 0 Å². The predicted molar refractivity (Wildman–Crippen MR) is 85.0 cm³/mol. The van der Waals surface area contributed by atoms with Crippen molar-refractivity contribution < 1.29 is 14.3 Å². The minimum absolute atomic E-state index is 0.305. The fourth-order valence-corrected chi connectivity index (χ4v) is 2.89. The van der Waals surface area contributed by atoms with Gasteiger partial charge in [0, 0.05) is 6.61 Å². The van der Waals surface area contributed by atoms with E-state index in [-0.39, 0.29) is 5.97 Å². The van der Waals surface area contributed by atoms with Crippen LogP contribution in [0.25, 0.3) is 0 Å². The van der Waals surface area contributed by atoms with Crippen molar-refractivity contribution in [2.45, 2.75) is 77.9 Å². The van der Waals surface area contributed by atoms with Gasteiger partial charge in [-0.05, 0) is 64.2 Å². The van der Waals surface area contributed by atoms with Crippen LogP contribution >= 0.6 is 0 Å².